The van der Waals surface area contributed by atoms with Gasteiger partial charge in [-0.1, -0.05) is 36.4 Å². The fourth-order valence-electron chi connectivity index (χ4n) is 3.02. The van der Waals surface area contributed by atoms with E-state index in [-0.39, 0.29) is 31.5 Å². The Bertz CT molecular complexity index is 592. The van der Waals surface area contributed by atoms with Crippen LogP contribution in [0.5, 0.6) is 0 Å². The lowest BCUT2D eigenvalue weighted by Gasteiger charge is -2.40. The minimum atomic E-state index is -4.23. The Morgan fingerprint density at radius 2 is 2.04 bits per heavy atom. The van der Waals surface area contributed by atoms with Crippen molar-refractivity contribution in [2.24, 2.45) is 5.92 Å². The Balaban J connectivity index is 2.17. The molecule has 1 aromatic rings. The van der Waals surface area contributed by atoms with Crippen molar-refractivity contribution in [1.82, 2.24) is 10.2 Å². The third-order valence-corrected chi connectivity index (χ3v) is 4.79. The van der Waals surface area contributed by atoms with E-state index in [4.69, 9.17) is 0 Å². The highest BCUT2D eigenvalue weighted by atomic mass is 32.2. The molecule has 1 saturated heterocycles. The summed E-state index contributed by atoms with van der Waals surface area (Å²) in [5.41, 5.74) is 0.735. The molecule has 3 atom stereocenters. The number of alkyl halides is 3. The maximum Gasteiger partial charge on any atom is 0.391 e. The number of urea groups is 1. The van der Waals surface area contributed by atoms with E-state index in [0.717, 1.165) is 5.56 Å². The molecule has 1 N–H and O–H groups in total. The maximum atomic E-state index is 13.2. The number of piperidine rings is 1. The summed E-state index contributed by atoms with van der Waals surface area (Å²) in [6.45, 7) is 1.93. The third kappa shape index (κ3) is 5.42. The van der Waals surface area contributed by atoms with Crippen LogP contribution in [-0.4, -0.2) is 35.9 Å². The molecule has 1 heterocycles. The van der Waals surface area contributed by atoms with Crippen molar-refractivity contribution in [3.63, 3.8) is 0 Å². The van der Waals surface area contributed by atoms with Crippen LogP contribution in [0.2, 0.25) is 0 Å². The number of rotatable bonds is 4. The van der Waals surface area contributed by atoms with Gasteiger partial charge in [0.2, 0.25) is 0 Å². The predicted octanol–water partition coefficient (Wildman–Crippen LogP) is 4.98. The number of amides is 2. The minimum absolute atomic E-state index is 0.0602. The van der Waals surface area contributed by atoms with E-state index in [9.17, 15) is 18.0 Å². The number of nitrogens with zero attached hydrogens (tertiary/aromatic N) is 1. The normalized spacial score (nSPS) is 22.8. The average Bonchev–Trinajstić information content (AvgIpc) is 2.59. The molecule has 0 aliphatic carbocycles. The quantitative estimate of drug-likeness (QED) is 0.809. The second-order valence-corrected chi connectivity index (χ2v) is 6.93. The van der Waals surface area contributed by atoms with Gasteiger partial charge in [0.05, 0.1) is 12.0 Å². The molecule has 1 aromatic carbocycles. The highest BCUT2D eigenvalue weighted by molar-refractivity contribution is 8.01. The lowest BCUT2D eigenvalue weighted by Crippen LogP contribution is -2.49. The first-order valence-electron chi connectivity index (χ1n) is 8.21. The molecule has 25 heavy (non-hydrogen) atoms. The van der Waals surface area contributed by atoms with Gasteiger partial charge in [-0.05, 0) is 37.0 Å². The van der Waals surface area contributed by atoms with Crippen molar-refractivity contribution >= 4 is 17.8 Å². The topological polar surface area (TPSA) is 32.3 Å². The summed E-state index contributed by atoms with van der Waals surface area (Å²) >= 11 is 1.52. The Kier molecular flexibility index (Phi) is 6.81. The van der Waals surface area contributed by atoms with Gasteiger partial charge < -0.3 is 10.2 Å². The molecule has 1 aliphatic heterocycles. The molecule has 0 bridgehead atoms. The van der Waals surface area contributed by atoms with Crippen LogP contribution in [0.1, 0.15) is 31.4 Å². The largest absolute Gasteiger partial charge is 0.391 e. The standard InChI is InChI=1S/C18H23F3N2OS/c1-13(9-11-25-2)22-17(24)23-10-8-15(18(19,20)21)12-16(23)14-6-4-3-5-7-14/h3-7,9,11,13,15-16H,8,10,12H2,1-2H3,(H,22,24)/b11-9+. The predicted molar refractivity (Wildman–Crippen MR) is 95.3 cm³/mol. The van der Waals surface area contributed by atoms with Crippen LogP contribution in [0.25, 0.3) is 0 Å². The fraction of sp³-hybridized carbons (Fsp3) is 0.500. The molecule has 1 aliphatic rings. The Labute approximate surface area is 150 Å². The number of carbonyl (C=O) groups excluding carboxylic acids is 1. The molecule has 0 radical (unpaired) electrons. The van der Waals surface area contributed by atoms with E-state index >= 15 is 0 Å². The molecule has 2 amide bonds. The van der Waals surface area contributed by atoms with E-state index < -0.39 is 18.1 Å². The van der Waals surface area contributed by atoms with Crippen LogP contribution >= 0.6 is 11.8 Å². The fourth-order valence-corrected chi connectivity index (χ4v) is 3.41. The van der Waals surface area contributed by atoms with Crippen LogP contribution in [-0.2, 0) is 0 Å². The van der Waals surface area contributed by atoms with Gasteiger partial charge in [0.1, 0.15) is 0 Å². The number of hydrogen-bond donors (Lipinski definition) is 1. The van der Waals surface area contributed by atoms with Gasteiger partial charge >= 0.3 is 12.2 Å². The van der Waals surface area contributed by atoms with Crippen LogP contribution < -0.4 is 5.32 Å². The molecule has 7 heteroatoms. The number of likely N-dealkylation sites (tertiary alicyclic amines) is 1. The first-order valence-corrected chi connectivity index (χ1v) is 9.50. The Morgan fingerprint density at radius 3 is 2.64 bits per heavy atom. The molecule has 2 rings (SSSR count). The van der Waals surface area contributed by atoms with E-state index in [1.165, 1.54) is 16.7 Å². The summed E-state index contributed by atoms with van der Waals surface area (Å²) in [6, 6.07) is 7.86. The van der Waals surface area contributed by atoms with Gasteiger partial charge in [-0.25, -0.2) is 4.79 Å². The molecule has 0 aromatic heterocycles. The molecule has 0 saturated carbocycles. The van der Waals surface area contributed by atoms with Crippen molar-refractivity contribution in [2.45, 2.75) is 38.0 Å². The summed E-state index contributed by atoms with van der Waals surface area (Å²) in [7, 11) is 0. The Hall–Kier alpha value is -1.63. The SMILES string of the molecule is CS/C=C/C(C)NC(=O)N1CCC(C(F)(F)F)CC1c1ccccc1. The third-order valence-electron chi connectivity index (χ3n) is 4.37. The smallest absolute Gasteiger partial charge is 0.332 e. The summed E-state index contributed by atoms with van der Waals surface area (Å²) in [5.74, 6) is -1.38. The van der Waals surface area contributed by atoms with Crippen LogP contribution in [0.4, 0.5) is 18.0 Å². The zero-order valence-electron chi connectivity index (χ0n) is 14.3. The van der Waals surface area contributed by atoms with Crippen molar-refractivity contribution in [1.29, 1.82) is 0 Å². The van der Waals surface area contributed by atoms with Gasteiger partial charge in [-0.3, -0.25) is 0 Å². The van der Waals surface area contributed by atoms with Crippen molar-refractivity contribution in [3.05, 3.63) is 47.4 Å². The van der Waals surface area contributed by atoms with Gasteiger partial charge in [0.15, 0.2) is 0 Å². The highest BCUT2D eigenvalue weighted by Gasteiger charge is 2.45. The van der Waals surface area contributed by atoms with E-state index in [2.05, 4.69) is 5.32 Å². The van der Waals surface area contributed by atoms with E-state index in [0.29, 0.717) is 0 Å². The number of halogens is 3. The van der Waals surface area contributed by atoms with Gasteiger partial charge in [0.25, 0.3) is 0 Å². The second kappa shape index (κ2) is 8.65. The van der Waals surface area contributed by atoms with Crippen LogP contribution in [0.3, 0.4) is 0 Å². The summed E-state index contributed by atoms with van der Waals surface area (Å²) in [6.07, 6.45) is -0.629. The number of benzene rings is 1. The number of nitrogens with one attached hydrogen (secondary N) is 1. The first kappa shape index (κ1) is 19.7. The zero-order valence-corrected chi connectivity index (χ0v) is 15.1. The lowest BCUT2D eigenvalue weighted by molar-refractivity contribution is -0.188. The lowest BCUT2D eigenvalue weighted by atomic mass is 9.87. The molecular weight excluding hydrogens is 349 g/mol. The molecule has 0 spiro atoms. The molecule has 138 valence electrons. The highest BCUT2D eigenvalue weighted by Crippen LogP contribution is 2.42. The van der Waals surface area contributed by atoms with E-state index in [1.54, 1.807) is 24.3 Å². The summed E-state index contributed by atoms with van der Waals surface area (Å²) in [5, 5.41) is 4.71. The average molecular weight is 372 g/mol. The number of hydrogen-bond acceptors (Lipinski definition) is 2. The minimum Gasteiger partial charge on any atom is -0.332 e. The van der Waals surface area contributed by atoms with Gasteiger partial charge in [-0.15, -0.1) is 11.8 Å². The monoisotopic (exact) mass is 372 g/mol. The molecule has 3 unspecified atom stereocenters. The number of thioether (sulfide) groups is 1. The zero-order chi connectivity index (χ0) is 18.4. The van der Waals surface area contributed by atoms with Gasteiger partial charge in [0, 0.05) is 12.6 Å². The maximum absolute atomic E-state index is 13.2. The van der Waals surface area contributed by atoms with Crippen LogP contribution in [0, 0.1) is 5.92 Å². The van der Waals surface area contributed by atoms with Crippen molar-refractivity contribution in [3.8, 4) is 0 Å². The van der Waals surface area contributed by atoms with Crippen molar-refractivity contribution in [2.75, 3.05) is 12.8 Å². The van der Waals surface area contributed by atoms with Crippen LogP contribution in [0.15, 0.2) is 41.8 Å². The van der Waals surface area contributed by atoms with Crippen molar-refractivity contribution < 1.29 is 18.0 Å². The number of carbonyl (C=O) groups is 1. The molecule has 3 nitrogen and oxygen atoms in total. The molecular formula is C18H23F3N2OS. The molecule has 1 fully saturated rings. The Morgan fingerprint density at radius 1 is 1.36 bits per heavy atom. The first-order chi connectivity index (χ1) is 11.8. The summed E-state index contributed by atoms with van der Waals surface area (Å²) < 4.78 is 39.5. The second-order valence-electron chi connectivity index (χ2n) is 6.19. The summed E-state index contributed by atoms with van der Waals surface area (Å²) in [4.78, 5) is 14.1. The van der Waals surface area contributed by atoms with E-state index in [1.807, 2.05) is 30.7 Å². The van der Waals surface area contributed by atoms with Gasteiger partial charge in [-0.2, -0.15) is 13.2 Å².